The van der Waals surface area contributed by atoms with E-state index in [1.54, 1.807) is 66.9 Å². The molecule has 0 saturated heterocycles. The van der Waals surface area contributed by atoms with E-state index in [0.29, 0.717) is 16.5 Å². The minimum atomic E-state index is -1.28. The van der Waals surface area contributed by atoms with Crippen LogP contribution in [-0.2, 0) is 27.5 Å². The number of aromatic carboxylic acids is 1. The lowest BCUT2D eigenvalue weighted by Gasteiger charge is -2.19. The SMILES string of the molecule is O=C(OCc1ccccc1)c1cc(NC(=O)C(CNC(=O)c2cc3cc[nH]c3cc2C(=O)O)c2ccccc2)cc(C(=O)OCc2ccccc2)c1. The summed E-state index contributed by atoms with van der Waals surface area (Å²) < 4.78 is 11.0. The molecule has 0 aliphatic carbocycles. The van der Waals surface area contributed by atoms with Crippen LogP contribution in [0.4, 0.5) is 5.69 Å². The lowest BCUT2D eigenvalue weighted by Crippen LogP contribution is -2.35. The molecule has 0 bridgehead atoms. The second-order valence-electron chi connectivity index (χ2n) is 11.9. The molecule has 0 fully saturated rings. The predicted molar refractivity (Wildman–Crippen MR) is 193 cm³/mol. The molecule has 0 saturated carbocycles. The highest BCUT2D eigenvalue weighted by Gasteiger charge is 2.25. The molecule has 11 heteroatoms. The smallest absolute Gasteiger partial charge is 0.338 e. The number of benzene rings is 5. The number of carbonyl (C=O) groups excluding carboxylic acids is 4. The van der Waals surface area contributed by atoms with E-state index < -0.39 is 35.6 Å². The summed E-state index contributed by atoms with van der Waals surface area (Å²) in [6.07, 6.45) is 1.64. The van der Waals surface area contributed by atoms with Crippen molar-refractivity contribution in [3.8, 4) is 0 Å². The first kappa shape index (κ1) is 34.8. The molecule has 6 aromatic rings. The van der Waals surface area contributed by atoms with Gasteiger partial charge in [-0.3, -0.25) is 9.59 Å². The van der Waals surface area contributed by atoms with Gasteiger partial charge in [0.1, 0.15) is 13.2 Å². The molecular formula is C41H33N3O8. The topological polar surface area (TPSA) is 164 Å². The van der Waals surface area contributed by atoms with Crippen molar-refractivity contribution in [3.05, 3.63) is 173 Å². The zero-order valence-corrected chi connectivity index (χ0v) is 27.7. The summed E-state index contributed by atoms with van der Waals surface area (Å²) in [5, 5.41) is 16.0. The van der Waals surface area contributed by atoms with Gasteiger partial charge in [0.25, 0.3) is 5.91 Å². The van der Waals surface area contributed by atoms with E-state index in [9.17, 15) is 29.1 Å². The van der Waals surface area contributed by atoms with E-state index in [1.165, 1.54) is 30.3 Å². The van der Waals surface area contributed by atoms with Crippen molar-refractivity contribution >= 4 is 46.3 Å². The zero-order chi connectivity index (χ0) is 36.5. The average molecular weight is 696 g/mol. The Hall–Kier alpha value is -7.01. The van der Waals surface area contributed by atoms with Crippen molar-refractivity contribution in [1.29, 1.82) is 0 Å². The molecule has 2 amide bonds. The van der Waals surface area contributed by atoms with Crippen molar-refractivity contribution in [2.45, 2.75) is 19.1 Å². The number of H-pyrrole nitrogens is 1. The lowest BCUT2D eigenvalue weighted by molar-refractivity contribution is -0.117. The number of esters is 2. The molecule has 6 rings (SSSR count). The number of anilines is 1. The van der Waals surface area contributed by atoms with Crippen molar-refractivity contribution < 1.29 is 38.6 Å². The third-order valence-electron chi connectivity index (χ3n) is 8.25. The Kier molecular flexibility index (Phi) is 10.8. The predicted octanol–water partition coefficient (Wildman–Crippen LogP) is 6.73. The lowest BCUT2D eigenvalue weighted by atomic mass is 9.97. The highest BCUT2D eigenvalue weighted by molar-refractivity contribution is 6.08. The molecule has 0 aliphatic heterocycles. The minimum absolute atomic E-state index is 0.00584. The summed E-state index contributed by atoms with van der Waals surface area (Å²) in [4.78, 5) is 68.8. The maximum atomic E-state index is 14.0. The van der Waals surface area contributed by atoms with Crippen molar-refractivity contribution in [1.82, 2.24) is 10.3 Å². The summed E-state index contributed by atoms with van der Waals surface area (Å²) in [6, 6.07) is 35.6. The number of rotatable bonds is 13. The van der Waals surface area contributed by atoms with Gasteiger partial charge in [0.2, 0.25) is 5.91 Å². The van der Waals surface area contributed by atoms with Gasteiger partial charge in [-0.25, -0.2) is 14.4 Å². The Labute approximate surface area is 298 Å². The second kappa shape index (κ2) is 16.1. The van der Waals surface area contributed by atoms with E-state index >= 15 is 0 Å². The largest absolute Gasteiger partial charge is 0.478 e. The van der Waals surface area contributed by atoms with Crippen molar-refractivity contribution in [2.24, 2.45) is 0 Å². The number of carbonyl (C=O) groups is 5. The van der Waals surface area contributed by atoms with Crippen molar-refractivity contribution in [3.63, 3.8) is 0 Å². The van der Waals surface area contributed by atoms with Crippen LogP contribution in [0.2, 0.25) is 0 Å². The number of amides is 2. The van der Waals surface area contributed by atoms with Gasteiger partial charge in [-0.2, -0.15) is 0 Å². The molecule has 11 nitrogen and oxygen atoms in total. The van der Waals surface area contributed by atoms with E-state index in [1.807, 2.05) is 36.4 Å². The van der Waals surface area contributed by atoms with Crippen LogP contribution >= 0.6 is 0 Å². The first-order chi connectivity index (χ1) is 25.2. The molecule has 4 N–H and O–H groups in total. The van der Waals surface area contributed by atoms with Gasteiger partial charge in [-0.05, 0) is 53.1 Å². The van der Waals surface area contributed by atoms with Crippen molar-refractivity contribution in [2.75, 3.05) is 11.9 Å². The van der Waals surface area contributed by atoms with Crippen LogP contribution in [-0.4, -0.2) is 46.4 Å². The zero-order valence-electron chi connectivity index (χ0n) is 27.7. The van der Waals surface area contributed by atoms with Crippen LogP contribution in [0.3, 0.4) is 0 Å². The van der Waals surface area contributed by atoms with E-state index in [4.69, 9.17) is 9.47 Å². The summed E-state index contributed by atoms with van der Waals surface area (Å²) in [5.74, 6) is -4.93. The summed E-state index contributed by atoms with van der Waals surface area (Å²) in [6.45, 7) is -0.232. The van der Waals surface area contributed by atoms with Gasteiger partial charge in [0, 0.05) is 29.3 Å². The Morgan fingerprint density at radius 3 is 1.77 bits per heavy atom. The normalized spacial score (nSPS) is 11.3. The fourth-order valence-electron chi connectivity index (χ4n) is 5.58. The highest BCUT2D eigenvalue weighted by atomic mass is 16.5. The fourth-order valence-corrected chi connectivity index (χ4v) is 5.58. The Morgan fingerprint density at radius 2 is 1.21 bits per heavy atom. The molecule has 1 unspecified atom stereocenters. The summed E-state index contributed by atoms with van der Waals surface area (Å²) in [7, 11) is 0. The molecule has 0 spiro atoms. The van der Waals surface area contributed by atoms with Crippen LogP contribution in [0.15, 0.2) is 134 Å². The maximum absolute atomic E-state index is 14.0. The maximum Gasteiger partial charge on any atom is 0.338 e. The van der Waals surface area contributed by atoms with Crippen LogP contribution in [0.5, 0.6) is 0 Å². The summed E-state index contributed by atoms with van der Waals surface area (Å²) in [5.41, 5.74) is 2.51. The number of hydrogen-bond acceptors (Lipinski definition) is 7. The van der Waals surface area contributed by atoms with Crippen LogP contribution in [0.1, 0.15) is 64.0 Å². The number of carboxylic acid groups (broad SMARTS) is 1. The number of carboxylic acids is 1. The van der Waals surface area contributed by atoms with E-state index in [2.05, 4.69) is 15.6 Å². The molecule has 5 aromatic carbocycles. The minimum Gasteiger partial charge on any atom is -0.478 e. The standard InChI is InChI=1S/C41H33N3O8/c45-37(33-21-29-16-17-42-36(29)22-34(33)39(47)48)43-23-35(28-14-8-3-9-15-28)38(46)44-32-19-30(40(49)51-24-26-10-4-1-5-11-26)18-31(20-32)41(50)52-25-27-12-6-2-7-13-27/h1-22,35,42H,23-25H2,(H,43,45)(H,44,46)(H,47,48). The Bertz CT molecular complexity index is 2160. The first-order valence-electron chi connectivity index (χ1n) is 16.3. The molecule has 52 heavy (non-hydrogen) atoms. The van der Waals surface area contributed by atoms with Crippen LogP contribution < -0.4 is 10.6 Å². The molecule has 1 aromatic heterocycles. The molecule has 0 aliphatic rings. The summed E-state index contributed by atoms with van der Waals surface area (Å²) >= 11 is 0. The van der Waals surface area contributed by atoms with Gasteiger partial charge >= 0.3 is 17.9 Å². The van der Waals surface area contributed by atoms with Gasteiger partial charge in [-0.15, -0.1) is 0 Å². The average Bonchev–Trinajstić information content (AvgIpc) is 3.64. The van der Waals surface area contributed by atoms with Gasteiger partial charge < -0.3 is 30.2 Å². The number of aromatic amines is 1. The molecular weight excluding hydrogens is 662 g/mol. The van der Waals surface area contributed by atoms with Gasteiger partial charge in [0.15, 0.2) is 0 Å². The van der Waals surface area contributed by atoms with E-state index in [0.717, 1.165) is 11.1 Å². The highest BCUT2D eigenvalue weighted by Crippen LogP contribution is 2.24. The van der Waals surface area contributed by atoms with Crippen LogP contribution in [0.25, 0.3) is 10.9 Å². The number of aromatic nitrogens is 1. The van der Waals surface area contributed by atoms with E-state index in [-0.39, 0.29) is 47.7 Å². The molecule has 1 heterocycles. The van der Waals surface area contributed by atoms with Gasteiger partial charge in [0.05, 0.1) is 28.2 Å². The third-order valence-corrected chi connectivity index (χ3v) is 8.25. The number of fused-ring (bicyclic) bond motifs is 1. The fraction of sp³-hybridized carbons (Fsp3) is 0.0976. The van der Waals surface area contributed by atoms with Crippen LogP contribution in [0, 0.1) is 0 Å². The monoisotopic (exact) mass is 695 g/mol. The first-order valence-corrected chi connectivity index (χ1v) is 16.3. The second-order valence-corrected chi connectivity index (χ2v) is 11.9. The number of hydrogen-bond donors (Lipinski definition) is 4. The number of nitrogens with one attached hydrogen (secondary N) is 3. The van der Waals surface area contributed by atoms with Gasteiger partial charge in [-0.1, -0.05) is 91.0 Å². The Morgan fingerprint density at radius 1 is 0.654 bits per heavy atom. The molecule has 0 radical (unpaired) electrons. The molecule has 260 valence electrons. The third kappa shape index (κ3) is 8.58. The number of ether oxygens (including phenoxy) is 2. The quantitative estimate of drug-likeness (QED) is 0.0966. The Balaban J connectivity index is 1.25. The molecule has 1 atom stereocenters.